The van der Waals surface area contributed by atoms with Gasteiger partial charge in [-0.15, -0.1) is 0 Å². The highest BCUT2D eigenvalue weighted by atomic mass is 16.6. The van der Waals surface area contributed by atoms with Gasteiger partial charge >= 0.3 is 6.09 Å². The van der Waals surface area contributed by atoms with Crippen molar-refractivity contribution in [3.05, 3.63) is 0 Å². The molecule has 2 amide bonds. The van der Waals surface area contributed by atoms with Crippen LogP contribution in [0.3, 0.4) is 0 Å². The van der Waals surface area contributed by atoms with E-state index in [9.17, 15) is 9.59 Å². The van der Waals surface area contributed by atoms with E-state index in [1.54, 1.807) is 0 Å². The average Bonchev–Trinajstić information content (AvgIpc) is 2.25. The largest absolute Gasteiger partial charge is 0.443 e. The van der Waals surface area contributed by atoms with E-state index < -0.39 is 11.7 Å². The second-order valence-corrected chi connectivity index (χ2v) is 8.34. The molecule has 112 valence electrons. The molecule has 3 aliphatic carbocycles. The maximum absolute atomic E-state index is 12.4. The van der Waals surface area contributed by atoms with Crippen molar-refractivity contribution in [1.82, 2.24) is 4.90 Å². The van der Waals surface area contributed by atoms with E-state index in [2.05, 4.69) is 13.8 Å². The van der Waals surface area contributed by atoms with E-state index in [0.717, 1.165) is 25.2 Å². The molecule has 1 saturated heterocycles. The van der Waals surface area contributed by atoms with Crippen LogP contribution in [0.15, 0.2) is 0 Å². The molecule has 3 unspecified atom stereocenters. The molecule has 4 rings (SSSR count). The lowest BCUT2D eigenvalue weighted by molar-refractivity contribution is -0.208. The Bertz CT molecular complexity index is 475. The molecule has 0 aromatic carbocycles. The van der Waals surface area contributed by atoms with E-state index >= 15 is 0 Å². The molecular weight excluding hydrogens is 254 g/mol. The summed E-state index contributed by atoms with van der Waals surface area (Å²) in [5.41, 5.74) is -0.558. The van der Waals surface area contributed by atoms with Crippen LogP contribution in [0.2, 0.25) is 0 Å². The Morgan fingerprint density at radius 2 is 2.00 bits per heavy atom. The molecule has 4 aliphatic rings. The molecule has 0 N–H and O–H groups in total. The second-order valence-electron chi connectivity index (χ2n) is 8.34. The van der Waals surface area contributed by atoms with Crippen LogP contribution in [-0.4, -0.2) is 28.0 Å². The summed E-state index contributed by atoms with van der Waals surface area (Å²) in [6.45, 7) is 10.1. The zero-order chi connectivity index (χ0) is 14.9. The van der Waals surface area contributed by atoms with Crippen LogP contribution >= 0.6 is 0 Å². The van der Waals surface area contributed by atoms with Crippen molar-refractivity contribution in [3.63, 3.8) is 0 Å². The lowest BCUT2D eigenvalue weighted by Gasteiger charge is -2.70. The van der Waals surface area contributed by atoms with Gasteiger partial charge in [-0.25, -0.2) is 9.69 Å². The van der Waals surface area contributed by atoms with Crippen molar-refractivity contribution in [1.29, 1.82) is 0 Å². The fourth-order valence-electron chi connectivity index (χ4n) is 4.66. The number of nitrogens with zero attached hydrogens (tertiary/aromatic N) is 1. The second kappa shape index (κ2) is 3.77. The number of ether oxygens (including phenoxy) is 1. The van der Waals surface area contributed by atoms with Crippen molar-refractivity contribution < 1.29 is 14.3 Å². The lowest BCUT2D eigenvalue weighted by atomic mass is 9.41. The summed E-state index contributed by atoms with van der Waals surface area (Å²) in [4.78, 5) is 25.9. The number of hydrogen-bond acceptors (Lipinski definition) is 3. The number of carbonyl (C=O) groups excluding carboxylic acids is 2. The molecule has 1 spiro atoms. The number of β-lactam (4-membered cyclic amide) rings is 1. The summed E-state index contributed by atoms with van der Waals surface area (Å²) >= 11 is 0. The van der Waals surface area contributed by atoms with Gasteiger partial charge < -0.3 is 4.74 Å². The monoisotopic (exact) mass is 279 g/mol. The van der Waals surface area contributed by atoms with E-state index in [1.807, 2.05) is 20.8 Å². The predicted molar refractivity (Wildman–Crippen MR) is 75.0 cm³/mol. The summed E-state index contributed by atoms with van der Waals surface area (Å²) in [5.74, 6) is 1.13. The molecule has 3 saturated carbocycles. The highest BCUT2D eigenvalue weighted by molar-refractivity contribution is 5.99. The minimum absolute atomic E-state index is 0.0691. The first-order valence-corrected chi connectivity index (χ1v) is 7.64. The summed E-state index contributed by atoms with van der Waals surface area (Å²) in [6, 6.07) is 0. The molecule has 1 heterocycles. The van der Waals surface area contributed by atoms with Crippen LogP contribution in [0.25, 0.3) is 0 Å². The first-order valence-electron chi connectivity index (χ1n) is 7.64. The smallest absolute Gasteiger partial charge is 0.417 e. The highest BCUT2D eigenvalue weighted by Crippen LogP contribution is 2.67. The molecule has 2 bridgehead atoms. The van der Waals surface area contributed by atoms with Gasteiger partial charge in [0.05, 0.1) is 12.0 Å². The van der Waals surface area contributed by atoms with Crippen LogP contribution in [0.5, 0.6) is 0 Å². The molecule has 4 heteroatoms. The topological polar surface area (TPSA) is 46.6 Å². The van der Waals surface area contributed by atoms with Gasteiger partial charge in [0.2, 0.25) is 5.91 Å². The van der Waals surface area contributed by atoms with Crippen molar-refractivity contribution in [2.45, 2.75) is 71.4 Å². The number of amides is 2. The molecule has 3 atom stereocenters. The fourth-order valence-corrected chi connectivity index (χ4v) is 4.66. The maximum Gasteiger partial charge on any atom is 0.417 e. The molecule has 4 fully saturated rings. The Balaban J connectivity index is 1.84. The number of likely N-dealkylation sites (tertiary alicyclic amines) is 1. The third kappa shape index (κ3) is 1.66. The Morgan fingerprint density at radius 1 is 1.35 bits per heavy atom. The van der Waals surface area contributed by atoms with Gasteiger partial charge in [0, 0.05) is 0 Å². The lowest BCUT2D eigenvalue weighted by Crippen LogP contribution is -2.76. The molecule has 0 aromatic heterocycles. The van der Waals surface area contributed by atoms with Crippen LogP contribution in [-0.2, 0) is 9.53 Å². The molecular formula is C16H25NO3. The van der Waals surface area contributed by atoms with Crippen molar-refractivity contribution in [2.24, 2.45) is 17.3 Å². The van der Waals surface area contributed by atoms with E-state index in [-0.39, 0.29) is 16.9 Å². The van der Waals surface area contributed by atoms with E-state index in [1.165, 1.54) is 4.90 Å². The van der Waals surface area contributed by atoms with Crippen LogP contribution < -0.4 is 0 Å². The molecule has 0 radical (unpaired) electrons. The predicted octanol–water partition coefficient (Wildman–Crippen LogP) is 3.35. The molecule has 4 nitrogen and oxygen atoms in total. The average molecular weight is 279 g/mol. The van der Waals surface area contributed by atoms with Crippen molar-refractivity contribution in [2.75, 3.05) is 0 Å². The number of carbonyl (C=O) groups is 2. The fraction of sp³-hybridized carbons (Fsp3) is 0.875. The third-order valence-electron chi connectivity index (χ3n) is 5.77. The summed E-state index contributed by atoms with van der Waals surface area (Å²) < 4.78 is 5.44. The normalized spacial score (nSPS) is 38.2. The van der Waals surface area contributed by atoms with Gasteiger partial charge in [0.15, 0.2) is 0 Å². The highest BCUT2D eigenvalue weighted by Gasteiger charge is 2.70. The Hall–Kier alpha value is -1.06. The van der Waals surface area contributed by atoms with Crippen LogP contribution in [0, 0.1) is 17.3 Å². The van der Waals surface area contributed by atoms with Crippen LogP contribution in [0.4, 0.5) is 4.79 Å². The first-order chi connectivity index (χ1) is 9.08. The maximum atomic E-state index is 12.4. The number of rotatable bonds is 0. The molecule has 0 aromatic rings. The van der Waals surface area contributed by atoms with Gasteiger partial charge in [-0.3, -0.25) is 4.79 Å². The minimum atomic E-state index is -0.555. The van der Waals surface area contributed by atoms with E-state index in [4.69, 9.17) is 4.74 Å². The summed E-state index contributed by atoms with van der Waals surface area (Å²) in [6.07, 6.45) is 3.30. The van der Waals surface area contributed by atoms with Gasteiger partial charge in [0.25, 0.3) is 0 Å². The van der Waals surface area contributed by atoms with Gasteiger partial charge in [0.1, 0.15) is 5.60 Å². The number of imide groups is 1. The van der Waals surface area contributed by atoms with Crippen molar-refractivity contribution in [3.8, 4) is 0 Å². The molecule has 20 heavy (non-hydrogen) atoms. The Morgan fingerprint density at radius 3 is 2.45 bits per heavy atom. The quantitative estimate of drug-likeness (QED) is 0.639. The summed E-state index contributed by atoms with van der Waals surface area (Å²) in [5, 5.41) is 0. The minimum Gasteiger partial charge on any atom is -0.443 e. The van der Waals surface area contributed by atoms with Gasteiger partial charge in [-0.1, -0.05) is 13.8 Å². The number of hydrogen-bond donors (Lipinski definition) is 0. The number of fused-ring (bicyclic) bond motifs is 1. The SMILES string of the molecule is CC(C)(C)OC(=O)N1C(=O)CC12CCC1CC2C1(C)C. The third-order valence-corrected chi connectivity index (χ3v) is 5.77. The first kappa shape index (κ1) is 13.9. The van der Waals surface area contributed by atoms with E-state index in [0.29, 0.717) is 12.3 Å². The zero-order valence-electron chi connectivity index (χ0n) is 13.2. The Labute approximate surface area is 120 Å². The summed E-state index contributed by atoms with van der Waals surface area (Å²) in [7, 11) is 0. The van der Waals surface area contributed by atoms with Crippen molar-refractivity contribution >= 4 is 12.0 Å². The van der Waals surface area contributed by atoms with Gasteiger partial charge in [-0.05, 0) is 57.3 Å². The zero-order valence-corrected chi connectivity index (χ0v) is 13.2. The van der Waals surface area contributed by atoms with Gasteiger partial charge in [-0.2, -0.15) is 0 Å². The molecule has 1 aliphatic heterocycles. The van der Waals surface area contributed by atoms with Crippen LogP contribution in [0.1, 0.15) is 60.3 Å². The Kier molecular flexibility index (Phi) is 2.62. The standard InChI is InChI=1S/C16H25NO3/c1-14(2,3)20-13(19)17-12(18)9-16(17)7-6-10-8-11(16)15(10,4)5/h10-11H,6-9H2,1-5H3.